The summed E-state index contributed by atoms with van der Waals surface area (Å²) in [5.74, 6) is 0. The Morgan fingerprint density at radius 1 is 0.800 bits per heavy atom. The largest absolute Gasteiger partial charge is 0.356 e. The number of hydrogen-bond donors (Lipinski definition) is 0. The Labute approximate surface area is 98.7 Å². The van der Waals surface area contributed by atoms with Gasteiger partial charge in [0, 0.05) is 58.8 Å². The number of rotatable bonds is 0. The van der Waals surface area contributed by atoms with Crippen molar-refractivity contribution >= 4 is 0 Å². The van der Waals surface area contributed by atoms with Gasteiger partial charge in [-0.2, -0.15) is 0 Å². The van der Waals surface area contributed by atoms with E-state index in [1.807, 2.05) is 0 Å². The first kappa shape index (κ1) is 22.4. The van der Waals surface area contributed by atoms with Gasteiger partial charge in [0.15, 0.2) is 0 Å². The van der Waals surface area contributed by atoms with Crippen molar-refractivity contribution in [1.29, 1.82) is 0 Å². The van der Waals surface area contributed by atoms with Gasteiger partial charge < -0.3 is 30.6 Å². The summed E-state index contributed by atoms with van der Waals surface area (Å²) in [5.41, 5.74) is 0. The molecule has 59 valence electrons. The van der Waals surface area contributed by atoms with Crippen LogP contribution in [0.15, 0.2) is 0 Å². The third-order valence-corrected chi connectivity index (χ3v) is 0. The van der Waals surface area contributed by atoms with E-state index in [1.165, 1.54) is 0 Å². The van der Waals surface area contributed by atoms with Gasteiger partial charge >= 0.3 is 0 Å². The maximum Gasteiger partial charge on any atom is 0.0689 e. The summed E-state index contributed by atoms with van der Waals surface area (Å²) in [5, 5.41) is 29.5. The topological polar surface area (TPSA) is 132 Å². The Kier molecular flexibility index (Phi) is 36.2. The second-order valence-electron chi connectivity index (χ2n) is 0.447. The predicted molar refractivity (Wildman–Crippen MR) is 20.7 cm³/mol. The molecular formula is CeMnN2O6-2. The molecule has 0 saturated carbocycles. The molecule has 1 radical (unpaired) electrons. The van der Waals surface area contributed by atoms with Gasteiger partial charge in [-0.25, -0.2) is 0 Å². The van der Waals surface area contributed by atoms with Gasteiger partial charge in [0.05, 0.1) is 10.2 Å². The van der Waals surface area contributed by atoms with Crippen LogP contribution in [0.4, 0.5) is 0 Å². The minimum Gasteiger partial charge on any atom is -0.356 e. The molecule has 0 saturated heterocycles. The SMILES string of the molecule is O=[N+]([O-])[O-].O=[N+]([O-])[O-].[Ce].[Mn]. The van der Waals surface area contributed by atoms with Gasteiger partial charge in [0.25, 0.3) is 0 Å². The molecule has 0 amide bonds. The van der Waals surface area contributed by atoms with E-state index in [2.05, 4.69) is 0 Å². The molecule has 0 bridgehead atoms. The number of hydrogen-bond acceptors (Lipinski definition) is 6. The van der Waals surface area contributed by atoms with E-state index in [4.69, 9.17) is 30.6 Å². The van der Waals surface area contributed by atoms with Crippen LogP contribution in [-0.4, -0.2) is 10.2 Å². The average molecular weight is 319 g/mol. The molecule has 10 heteroatoms. The second kappa shape index (κ2) is 16.1. The van der Waals surface area contributed by atoms with Crippen molar-refractivity contribution in [2.45, 2.75) is 0 Å². The van der Waals surface area contributed by atoms with Gasteiger partial charge in [-0.15, -0.1) is 0 Å². The van der Waals surface area contributed by atoms with Crippen molar-refractivity contribution in [2.24, 2.45) is 0 Å². The molecule has 0 aliphatic heterocycles. The smallest absolute Gasteiger partial charge is 0.0689 e. The Morgan fingerprint density at radius 2 is 0.800 bits per heavy atom. The third-order valence-electron chi connectivity index (χ3n) is 0. The van der Waals surface area contributed by atoms with E-state index in [-0.39, 0.29) is 58.8 Å². The summed E-state index contributed by atoms with van der Waals surface area (Å²) >= 11 is 0. The standard InChI is InChI=1S/Ce.Mn.2NO3/c;;2*2-1(3)4/q;;2*-1. The molecule has 0 rings (SSSR count). The van der Waals surface area contributed by atoms with Crippen LogP contribution in [-0.2, 0) is 17.1 Å². The van der Waals surface area contributed by atoms with E-state index in [9.17, 15) is 0 Å². The van der Waals surface area contributed by atoms with Crippen LogP contribution >= 0.6 is 0 Å². The van der Waals surface area contributed by atoms with Crippen molar-refractivity contribution in [2.75, 3.05) is 0 Å². The zero-order valence-electron chi connectivity index (χ0n) is 4.22. The van der Waals surface area contributed by atoms with Crippen molar-refractivity contribution in [3.8, 4) is 0 Å². The number of nitrogens with zero attached hydrogens (tertiary/aromatic N) is 2. The van der Waals surface area contributed by atoms with Crippen LogP contribution in [0, 0.1) is 72.4 Å². The second-order valence-corrected chi connectivity index (χ2v) is 0.447. The summed E-state index contributed by atoms with van der Waals surface area (Å²) in [6.45, 7) is 0. The molecule has 0 fully saturated rings. The first-order valence-corrected chi connectivity index (χ1v) is 1.10. The Bertz CT molecular complexity index is 73.7. The van der Waals surface area contributed by atoms with Gasteiger partial charge in [0.1, 0.15) is 0 Å². The molecule has 0 unspecified atom stereocenters. The van der Waals surface area contributed by atoms with Crippen LogP contribution in [0.25, 0.3) is 0 Å². The summed E-state index contributed by atoms with van der Waals surface area (Å²) in [7, 11) is 0. The minimum atomic E-state index is -1.75. The van der Waals surface area contributed by atoms with E-state index < -0.39 is 10.2 Å². The normalized spacial score (nSPS) is 4.80. The summed E-state index contributed by atoms with van der Waals surface area (Å²) in [6, 6.07) is 0. The Hall–Kier alpha value is 0.296. The fourth-order valence-electron chi connectivity index (χ4n) is 0. The molecule has 0 heterocycles. The van der Waals surface area contributed by atoms with Crippen LogP contribution in [0.3, 0.4) is 0 Å². The van der Waals surface area contributed by atoms with Crippen LogP contribution in [0.2, 0.25) is 0 Å². The van der Waals surface area contributed by atoms with Crippen LogP contribution < -0.4 is 0 Å². The van der Waals surface area contributed by atoms with Crippen LogP contribution in [0.1, 0.15) is 0 Å². The maximum atomic E-state index is 8.25. The summed E-state index contributed by atoms with van der Waals surface area (Å²) < 4.78 is 0. The molecular weight excluding hydrogens is 319 g/mol. The zero-order chi connectivity index (χ0) is 7.15. The van der Waals surface area contributed by atoms with Crippen molar-refractivity contribution in [3.63, 3.8) is 0 Å². The minimum absolute atomic E-state index is 0. The zero-order valence-corrected chi connectivity index (χ0v) is 8.54. The quantitative estimate of drug-likeness (QED) is 0.336. The van der Waals surface area contributed by atoms with Crippen molar-refractivity contribution in [3.05, 3.63) is 30.6 Å². The van der Waals surface area contributed by atoms with Crippen molar-refractivity contribution < 1.29 is 69.0 Å². The van der Waals surface area contributed by atoms with E-state index in [0.29, 0.717) is 0 Å². The molecule has 0 atom stereocenters. The van der Waals surface area contributed by atoms with E-state index in [1.54, 1.807) is 0 Å². The predicted octanol–water partition coefficient (Wildman–Crippen LogP) is -0.481. The summed E-state index contributed by atoms with van der Waals surface area (Å²) in [4.78, 5) is 16.5. The Morgan fingerprint density at radius 3 is 0.800 bits per heavy atom. The molecule has 8 nitrogen and oxygen atoms in total. The third kappa shape index (κ3) is 5040. The maximum absolute atomic E-state index is 8.25. The summed E-state index contributed by atoms with van der Waals surface area (Å²) in [6.07, 6.45) is 0. The Balaban J connectivity index is -0.0000000300. The first-order chi connectivity index (χ1) is 3.46. The molecule has 0 aromatic carbocycles. The molecule has 0 N–H and O–H groups in total. The molecule has 0 aromatic heterocycles. The van der Waals surface area contributed by atoms with Crippen LogP contribution in [0.5, 0.6) is 0 Å². The molecule has 0 aliphatic rings. The van der Waals surface area contributed by atoms with Gasteiger partial charge in [-0.3, -0.25) is 0 Å². The average Bonchev–Trinajstić information content (AvgIpc) is 1.25. The molecule has 0 aliphatic carbocycles. The molecule has 0 spiro atoms. The monoisotopic (exact) mass is 319 g/mol. The van der Waals surface area contributed by atoms with Gasteiger partial charge in [0.2, 0.25) is 0 Å². The fourth-order valence-corrected chi connectivity index (χ4v) is 0. The van der Waals surface area contributed by atoms with Gasteiger partial charge in [-0.1, -0.05) is 0 Å². The van der Waals surface area contributed by atoms with E-state index >= 15 is 0 Å². The first-order valence-electron chi connectivity index (χ1n) is 1.10. The molecule has 10 heavy (non-hydrogen) atoms. The molecule has 0 aromatic rings. The van der Waals surface area contributed by atoms with Crippen molar-refractivity contribution in [1.82, 2.24) is 0 Å². The fraction of sp³-hybridized carbons (Fsp3) is 0. The van der Waals surface area contributed by atoms with E-state index in [0.717, 1.165) is 0 Å². The van der Waals surface area contributed by atoms with Gasteiger partial charge in [-0.05, 0) is 0 Å².